The van der Waals surface area contributed by atoms with Crippen molar-refractivity contribution in [2.45, 2.75) is 90.0 Å². The van der Waals surface area contributed by atoms with Gasteiger partial charge in [0.2, 0.25) is 0 Å². The Morgan fingerprint density at radius 1 is 1.10 bits per heavy atom. The molecule has 2 saturated heterocycles. The second kappa shape index (κ2) is 5.82. The van der Waals surface area contributed by atoms with Crippen LogP contribution in [0.2, 0.25) is 0 Å². The predicted molar refractivity (Wildman–Crippen MR) is 85.5 cm³/mol. The topological polar surface area (TPSA) is 30.5 Å². The Morgan fingerprint density at radius 3 is 2.57 bits per heavy atom. The molecular weight excluding hydrogens is 262 g/mol. The van der Waals surface area contributed by atoms with Crippen molar-refractivity contribution in [1.29, 1.82) is 0 Å². The van der Waals surface area contributed by atoms with E-state index in [0.29, 0.717) is 18.2 Å². The molecule has 2 aliphatic heterocycles. The second-order valence-corrected chi connectivity index (χ2v) is 7.99. The van der Waals surface area contributed by atoms with Gasteiger partial charge >= 0.3 is 0 Å². The van der Waals surface area contributed by atoms with E-state index in [2.05, 4.69) is 33.0 Å². The lowest BCUT2D eigenvalue weighted by Crippen LogP contribution is -2.71. The third kappa shape index (κ3) is 2.66. The van der Waals surface area contributed by atoms with Crippen LogP contribution in [0.3, 0.4) is 0 Å². The zero-order chi connectivity index (χ0) is 15.1. The Kier molecular flexibility index (Phi) is 4.37. The highest BCUT2D eigenvalue weighted by molar-refractivity contribution is 5.11. The summed E-state index contributed by atoms with van der Waals surface area (Å²) in [6.07, 6.45) is 7.64. The zero-order valence-electron chi connectivity index (χ0n) is 14.3. The van der Waals surface area contributed by atoms with Crippen molar-refractivity contribution in [1.82, 2.24) is 5.32 Å². The molecule has 2 heterocycles. The van der Waals surface area contributed by atoms with Crippen molar-refractivity contribution in [3.8, 4) is 0 Å². The molecule has 4 unspecified atom stereocenters. The average Bonchev–Trinajstić information content (AvgIpc) is 2.53. The summed E-state index contributed by atoms with van der Waals surface area (Å²) in [6.45, 7) is 11.2. The van der Waals surface area contributed by atoms with Crippen LogP contribution in [0.4, 0.5) is 0 Å². The van der Waals surface area contributed by atoms with Gasteiger partial charge in [-0.15, -0.1) is 0 Å². The Hall–Kier alpha value is -0.120. The second-order valence-electron chi connectivity index (χ2n) is 7.99. The quantitative estimate of drug-likeness (QED) is 0.861. The first-order valence-electron chi connectivity index (χ1n) is 9.04. The number of nitrogens with one attached hydrogen (secondary N) is 1. The largest absolute Gasteiger partial charge is 0.377 e. The lowest BCUT2D eigenvalue weighted by molar-refractivity contribution is -0.198. The van der Waals surface area contributed by atoms with Gasteiger partial charge in [-0.05, 0) is 38.5 Å². The van der Waals surface area contributed by atoms with Crippen LogP contribution >= 0.6 is 0 Å². The molecule has 3 rings (SSSR count). The van der Waals surface area contributed by atoms with Gasteiger partial charge in [-0.3, -0.25) is 0 Å². The van der Waals surface area contributed by atoms with Gasteiger partial charge in [-0.1, -0.05) is 27.7 Å². The smallest absolute Gasteiger partial charge is 0.0692 e. The van der Waals surface area contributed by atoms with E-state index in [4.69, 9.17) is 9.47 Å². The van der Waals surface area contributed by atoms with Crippen LogP contribution in [0.5, 0.6) is 0 Å². The monoisotopic (exact) mass is 295 g/mol. The van der Waals surface area contributed by atoms with E-state index in [9.17, 15) is 0 Å². The Bertz CT molecular complexity index is 364. The lowest BCUT2D eigenvalue weighted by atomic mass is 9.55. The molecular formula is C18H33NO2. The highest BCUT2D eigenvalue weighted by atomic mass is 16.5. The summed E-state index contributed by atoms with van der Waals surface area (Å²) in [6, 6.07) is 1.24. The molecule has 0 aromatic carbocycles. The Labute approximate surface area is 130 Å². The fraction of sp³-hybridized carbons (Fsp3) is 1.00. The van der Waals surface area contributed by atoms with Crippen molar-refractivity contribution in [3.05, 3.63) is 0 Å². The number of hydrogen-bond donors (Lipinski definition) is 1. The normalized spacial score (nSPS) is 41.1. The van der Waals surface area contributed by atoms with E-state index >= 15 is 0 Å². The van der Waals surface area contributed by atoms with Crippen molar-refractivity contribution >= 4 is 0 Å². The van der Waals surface area contributed by atoms with Gasteiger partial charge in [-0.25, -0.2) is 0 Å². The maximum atomic E-state index is 6.12. The Morgan fingerprint density at radius 2 is 1.86 bits per heavy atom. The number of rotatable bonds is 4. The van der Waals surface area contributed by atoms with E-state index in [0.717, 1.165) is 38.4 Å². The Balaban J connectivity index is 1.63. The number of hydrogen-bond acceptors (Lipinski definition) is 3. The molecule has 0 radical (unpaired) electrons. The third-order valence-corrected chi connectivity index (χ3v) is 6.53. The first-order valence-corrected chi connectivity index (χ1v) is 9.04. The van der Waals surface area contributed by atoms with Crippen molar-refractivity contribution < 1.29 is 9.47 Å². The van der Waals surface area contributed by atoms with Crippen LogP contribution in [0.15, 0.2) is 0 Å². The summed E-state index contributed by atoms with van der Waals surface area (Å²) in [7, 11) is 0. The highest BCUT2D eigenvalue weighted by Gasteiger charge is 2.58. The summed E-state index contributed by atoms with van der Waals surface area (Å²) in [5.41, 5.74) is 0.400. The SMILES string of the molecule is CCC1(CC)CC(NC2C3CCCOC3C2(C)C)CCO1. The maximum Gasteiger partial charge on any atom is 0.0692 e. The van der Waals surface area contributed by atoms with E-state index in [1.165, 1.54) is 19.3 Å². The molecule has 3 fully saturated rings. The molecule has 0 bridgehead atoms. The van der Waals surface area contributed by atoms with Gasteiger partial charge in [0.05, 0.1) is 11.7 Å². The number of ether oxygens (including phenoxy) is 2. The standard InChI is InChI=1S/C18H33NO2/c1-5-18(6-2)12-13(9-11-21-18)19-15-14-8-7-10-20-16(14)17(15,3)4/h13-16,19H,5-12H2,1-4H3. The average molecular weight is 295 g/mol. The van der Waals surface area contributed by atoms with Gasteiger partial charge in [0.1, 0.15) is 0 Å². The van der Waals surface area contributed by atoms with Gasteiger partial charge in [0, 0.05) is 36.6 Å². The summed E-state index contributed by atoms with van der Waals surface area (Å²) in [5, 5.41) is 4.01. The molecule has 1 N–H and O–H groups in total. The van der Waals surface area contributed by atoms with E-state index in [1.54, 1.807) is 0 Å². The van der Waals surface area contributed by atoms with E-state index in [1.807, 2.05) is 0 Å². The first kappa shape index (κ1) is 15.8. The molecule has 1 aliphatic carbocycles. The van der Waals surface area contributed by atoms with E-state index < -0.39 is 0 Å². The minimum atomic E-state index is 0.117. The summed E-state index contributed by atoms with van der Waals surface area (Å²) in [4.78, 5) is 0. The third-order valence-electron chi connectivity index (χ3n) is 6.53. The fourth-order valence-electron chi connectivity index (χ4n) is 5.03. The van der Waals surface area contributed by atoms with Gasteiger partial charge in [0.25, 0.3) is 0 Å². The molecule has 0 spiro atoms. The molecule has 3 nitrogen and oxygen atoms in total. The predicted octanol–water partition coefficient (Wildman–Crippen LogP) is 3.52. The zero-order valence-corrected chi connectivity index (χ0v) is 14.3. The van der Waals surface area contributed by atoms with E-state index in [-0.39, 0.29) is 11.0 Å². The van der Waals surface area contributed by atoms with Crippen LogP contribution in [0.25, 0.3) is 0 Å². The molecule has 0 aromatic heterocycles. The molecule has 4 atom stereocenters. The van der Waals surface area contributed by atoms with Gasteiger partial charge < -0.3 is 14.8 Å². The van der Waals surface area contributed by atoms with Crippen LogP contribution < -0.4 is 5.32 Å². The fourth-order valence-corrected chi connectivity index (χ4v) is 5.03. The molecule has 3 heteroatoms. The maximum absolute atomic E-state index is 6.12. The van der Waals surface area contributed by atoms with Crippen LogP contribution in [0.1, 0.15) is 66.2 Å². The van der Waals surface area contributed by atoms with Crippen molar-refractivity contribution in [2.75, 3.05) is 13.2 Å². The van der Waals surface area contributed by atoms with Crippen LogP contribution in [-0.4, -0.2) is 37.0 Å². The summed E-state index contributed by atoms with van der Waals surface area (Å²) in [5.74, 6) is 0.731. The molecule has 0 amide bonds. The molecule has 1 saturated carbocycles. The van der Waals surface area contributed by atoms with Gasteiger partial charge in [-0.2, -0.15) is 0 Å². The van der Waals surface area contributed by atoms with Crippen LogP contribution in [-0.2, 0) is 9.47 Å². The minimum absolute atomic E-state index is 0.117. The van der Waals surface area contributed by atoms with Crippen LogP contribution in [0, 0.1) is 11.3 Å². The minimum Gasteiger partial charge on any atom is -0.377 e. The lowest BCUT2D eigenvalue weighted by Gasteiger charge is -2.61. The first-order chi connectivity index (χ1) is 10.0. The van der Waals surface area contributed by atoms with Crippen molar-refractivity contribution in [3.63, 3.8) is 0 Å². The number of fused-ring (bicyclic) bond motifs is 1. The molecule has 3 aliphatic rings. The summed E-state index contributed by atoms with van der Waals surface area (Å²) < 4.78 is 12.2. The highest BCUT2D eigenvalue weighted by Crippen LogP contribution is 2.51. The molecule has 122 valence electrons. The molecule has 0 aromatic rings. The van der Waals surface area contributed by atoms with Gasteiger partial charge in [0.15, 0.2) is 0 Å². The van der Waals surface area contributed by atoms with Crippen molar-refractivity contribution in [2.24, 2.45) is 11.3 Å². The molecule has 21 heavy (non-hydrogen) atoms. The summed E-state index contributed by atoms with van der Waals surface area (Å²) >= 11 is 0.